The summed E-state index contributed by atoms with van der Waals surface area (Å²) in [5.74, 6) is 0.521. The molecule has 82 valence electrons. The van der Waals surface area contributed by atoms with Crippen molar-refractivity contribution in [3.63, 3.8) is 0 Å². The van der Waals surface area contributed by atoms with Crippen LogP contribution >= 0.6 is 0 Å². The van der Waals surface area contributed by atoms with Crippen LogP contribution in [0.1, 0.15) is 20.3 Å². The van der Waals surface area contributed by atoms with E-state index in [1.54, 1.807) is 6.07 Å². The highest BCUT2D eigenvalue weighted by Gasteiger charge is 2.05. The molecule has 0 amide bonds. The topological polar surface area (TPSA) is 68.1 Å². The van der Waals surface area contributed by atoms with Crippen LogP contribution < -0.4 is 5.32 Å². The van der Waals surface area contributed by atoms with E-state index in [4.69, 9.17) is 0 Å². The normalized spacial score (nSPS) is 10.3. The fourth-order valence-electron chi connectivity index (χ4n) is 1.10. The van der Waals surface area contributed by atoms with Crippen LogP contribution in [0.15, 0.2) is 18.3 Å². The van der Waals surface area contributed by atoms with Gasteiger partial charge in [0.05, 0.1) is 5.69 Å². The first-order valence-corrected chi connectivity index (χ1v) is 4.94. The molecule has 0 spiro atoms. The summed E-state index contributed by atoms with van der Waals surface area (Å²) in [4.78, 5) is 13.6. The Kier molecular flexibility index (Phi) is 4.03. The van der Waals surface area contributed by atoms with E-state index in [1.807, 2.05) is 0 Å². The lowest BCUT2D eigenvalue weighted by atomic mass is 10.1. The molecule has 0 atom stereocenters. The maximum atomic E-state index is 10.3. The molecule has 1 N–H and O–H groups in total. The number of rotatable bonds is 5. The zero-order chi connectivity index (χ0) is 11.3. The van der Waals surface area contributed by atoms with Gasteiger partial charge in [-0.15, -0.1) is 0 Å². The van der Waals surface area contributed by atoms with Gasteiger partial charge in [-0.2, -0.15) is 0 Å². The first-order valence-electron chi connectivity index (χ1n) is 4.94. The lowest BCUT2D eigenvalue weighted by molar-refractivity contribution is -0.389. The third-order valence-electron chi connectivity index (χ3n) is 1.99. The molecule has 1 aromatic rings. The fraction of sp³-hybridized carbons (Fsp3) is 0.500. The molecule has 0 aliphatic heterocycles. The monoisotopic (exact) mass is 209 g/mol. The van der Waals surface area contributed by atoms with Gasteiger partial charge >= 0.3 is 5.82 Å². The predicted octanol–water partition coefficient (Wildman–Crippen LogP) is 2.45. The molecule has 0 aromatic carbocycles. The summed E-state index contributed by atoms with van der Waals surface area (Å²) in [6.07, 6.45) is 2.55. The second kappa shape index (κ2) is 5.29. The zero-order valence-electron chi connectivity index (χ0n) is 8.93. The van der Waals surface area contributed by atoms with Gasteiger partial charge in [0.25, 0.3) is 0 Å². The summed E-state index contributed by atoms with van der Waals surface area (Å²) in [6.45, 7) is 5.16. The standard InChI is InChI=1S/C10H15N3O2/c1-8(2)5-6-11-9-3-4-10(12-7-9)13(14)15/h3-4,7-8,11H,5-6H2,1-2H3. The molecule has 0 saturated carbocycles. The van der Waals surface area contributed by atoms with Crippen molar-refractivity contribution in [2.75, 3.05) is 11.9 Å². The molecule has 5 heteroatoms. The molecule has 0 radical (unpaired) electrons. The summed E-state index contributed by atoms with van der Waals surface area (Å²) in [6, 6.07) is 3.07. The van der Waals surface area contributed by atoms with Crippen molar-refractivity contribution in [3.8, 4) is 0 Å². The summed E-state index contributed by atoms with van der Waals surface area (Å²) >= 11 is 0. The predicted molar refractivity (Wildman–Crippen MR) is 58.8 cm³/mol. The molecule has 0 aliphatic carbocycles. The highest BCUT2D eigenvalue weighted by molar-refractivity contribution is 5.43. The van der Waals surface area contributed by atoms with Crippen molar-refractivity contribution in [3.05, 3.63) is 28.4 Å². The molecule has 0 fully saturated rings. The van der Waals surface area contributed by atoms with Crippen LogP contribution in [-0.2, 0) is 0 Å². The van der Waals surface area contributed by atoms with E-state index in [0.29, 0.717) is 5.92 Å². The fourth-order valence-corrected chi connectivity index (χ4v) is 1.10. The smallest absolute Gasteiger partial charge is 0.363 e. The number of nitro groups is 1. The second-order valence-electron chi connectivity index (χ2n) is 3.77. The summed E-state index contributed by atoms with van der Waals surface area (Å²) < 4.78 is 0. The van der Waals surface area contributed by atoms with Crippen LogP contribution in [0.5, 0.6) is 0 Å². The lowest BCUT2D eigenvalue weighted by Gasteiger charge is -2.06. The molecule has 0 unspecified atom stereocenters. The van der Waals surface area contributed by atoms with Gasteiger partial charge in [-0.25, -0.2) is 0 Å². The third-order valence-corrected chi connectivity index (χ3v) is 1.99. The van der Waals surface area contributed by atoms with Gasteiger partial charge in [-0.1, -0.05) is 13.8 Å². The van der Waals surface area contributed by atoms with E-state index in [9.17, 15) is 10.1 Å². The Labute approximate surface area is 88.7 Å². The van der Waals surface area contributed by atoms with E-state index in [2.05, 4.69) is 24.1 Å². The van der Waals surface area contributed by atoms with Crippen molar-refractivity contribution in [1.29, 1.82) is 0 Å². The van der Waals surface area contributed by atoms with Gasteiger partial charge in [0.1, 0.15) is 0 Å². The van der Waals surface area contributed by atoms with E-state index >= 15 is 0 Å². The van der Waals surface area contributed by atoms with Crippen LogP contribution in [0, 0.1) is 16.0 Å². The molecule has 0 saturated heterocycles. The first kappa shape index (κ1) is 11.4. The van der Waals surface area contributed by atoms with Gasteiger partial charge in [0, 0.05) is 12.6 Å². The number of pyridine rings is 1. The van der Waals surface area contributed by atoms with Crippen LogP contribution in [-0.4, -0.2) is 16.5 Å². The Morgan fingerprint density at radius 2 is 2.27 bits per heavy atom. The first-order chi connectivity index (χ1) is 7.09. The molecule has 1 aromatic heterocycles. The minimum absolute atomic E-state index is 0.121. The van der Waals surface area contributed by atoms with Crippen molar-refractivity contribution >= 4 is 11.5 Å². The van der Waals surface area contributed by atoms with Crippen molar-refractivity contribution in [1.82, 2.24) is 4.98 Å². The Morgan fingerprint density at radius 1 is 1.53 bits per heavy atom. The lowest BCUT2D eigenvalue weighted by Crippen LogP contribution is -2.05. The number of hydrogen-bond acceptors (Lipinski definition) is 4. The van der Waals surface area contributed by atoms with Crippen LogP contribution in [0.25, 0.3) is 0 Å². The maximum Gasteiger partial charge on any atom is 0.363 e. The number of anilines is 1. The third kappa shape index (κ3) is 3.93. The molecular weight excluding hydrogens is 194 g/mol. The van der Waals surface area contributed by atoms with Crippen LogP contribution in [0.4, 0.5) is 11.5 Å². The molecule has 0 bridgehead atoms. The van der Waals surface area contributed by atoms with Gasteiger partial charge in [-0.3, -0.25) is 0 Å². The largest absolute Gasteiger partial charge is 0.382 e. The zero-order valence-corrected chi connectivity index (χ0v) is 8.93. The number of nitrogens with one attached hydrogen (secondary N) is 1. The SMILES string of the molecule is CC(C)CCNc1ccc([N+](=O)[O-])nc1. The molecule has 0 aliphatic rings. The van der Waals surface area contributed by atoms with Crippen LogP contribution in [0.2, 0.25) is 0 Å². The summed E-state index contributed by atoms with van der Waals surface area (Å²) in [5, 5.41) is 13.5. The average Bonchev–Trinajstić information content (AvgIpc) is 2.18. The van der Waals surface area contributed by atoms with E-state index in [1.165, 1.54) is 12.3 Å². The van der Waals surface area contributed by atoms with Gasteiger partial charge in [0.15, 0.2) is 6.20 Å². The number of hydrogen-bond donors (Lipinski definition) is 1. The molecular formula is C10H15N3O2. The minimum Gasteiger partial charge on any atom is -0.382 e. The number of aromatic nitrogens is 1. The summed E-state index contributed by atoms with van der Waals surface area (Å²) in [7, 11) is 0. The van der Waals surface area contributed by atoms with E-state index in [-0.39, 0.29) is 5.82 Å². The molecule has 15 heavy (non-hydrogen) atoms. The highest BCUT2D eigenvalue weighted by atomic mass is 16.6. The Hall–Kier alpha value is -1.65. The van der Waals surface area contributed by atoms with Crippen LogP contribution in [0.3, 0.4) is 0 Å². The quantitative estimate of drug-likeness (QED) is 0.597. The highest BCUT2D eigenvalue weighted by Crippen LogP contribution is 2.11. The molecule has 5 nitrogen and oxygen atoms in total. The van der Waals surface area contributed by atoms with Crippen molar-refractivity contribution in [2.24, 2.45) is 5.92 Å². The van der Waals surface area contributed by atoms with Crippen molar-refractivity contribution < 1.29 is 4.92 Å². The van der Waals surface area contributed by atoms with Crippen molar-refractivity contribution in [2.45, 2.75) is 20.3 Å². The molecule has 1 heterocycles. The Morgan fingerprint density at radius 3 is 2.73 bits per heavy atom. The summed E-state index contributed by atoms with van der Waals surface area (Å²) in [5.41, 5.74) is 0.821. The second-order valence-corrected chi connectivity index (χ2v) is 3.77. The van der Waals surface area contributed by atoms with E-state index < -0.39 is 4.92 Å². The van der Waals surface area contributed by atoms with Gasteiger partial charge < -0.3 is 15.4 Å². The van der Waals surface area contributed by atoms with Gasteiger partial charge in [0.2, 0.25) is 0 Å². The number of nitrogens with zero attached hydrogens (tertiary/aromatic N) is 2. The van der Waals surface area contributed by atoms with E-state index in [0.717, 1.165) is 18.7 Å². The average molecular weight is 209 g/mol. The van der Waals surface area contributed by atoms with Gasteiger partial charge in [-0.05, 0) is 28.3 Å². The minimum atomic E-state index is -0.502. The molecule has 1 rings (SSSR count). The maximum absolute atomic E-state index is 10.3. The Bertz CT molecular complexity index is 322. The Balaban J connectivity index is 2.46.